The second kappa shape index (κ2) is 33.6. The highest BCUT2D eigenvalue weighted by atomic mass is 31.2. The first-order valence-corrected chi connectivity index (χ1v) is 20.2. The van der Waals surface area contributed by atoms with E-state index >= 15 is 0 Å². The molecule has 0 amide bonds. The minimum Gasteiger partial charge on any atom is -0.462 e. The molecule has 0 spiro atoms. The van der Waals surface area contributed by atoms with Gasteiger partial charge in [-0.25, -0.2) is 4.57 Å². The molecule has 0 aliphatic carbocycles. The normalized spacial score (nSPS) is 13.6. The molecular formula is C36H70NO8P. The van der Waals surface area contributed by atoms with Gasteiger partial charge in [-0.05, 0) is 32.1 Å². The molecule has 0 saturated heterocycles. The Hall–Kier alpha value is -1.25. The maximum atomic E-state index is 12.5. The van der Waals surface area contributed by atoms with Crippen LogP contribution in [-0.4, -0.2) is 49.3 Å². The summed E-state index contributed by atoms with van der Waals surface area (Å²) in [7, 11) is -4.37. The van der Waals surface area contributed by atoms with Gasteiger partial charge in [0.15, 0.2) is 6.10 Å². The van der Waals surface area contributed by atoms with Gasteiger partial charge in [0.25, 0.3) is 0 Å². The summed E-state index contributed by atoms with van der Waals surface area (Å²) in [5, 5.41) is 0. The third-order valence-corrected chi connectivity index (χ3v) is 8.89. The predicted octanol–water partition coefficient (Wildman–Crippen LogP) is 9.88. The number of phosphoric acid groups is 1. The van der Waals surface area contributed by atoms with Crippen LogP contribution < -0.4 is 5.73 Å². The summed E-state index contributed by atoms with van der Waals surface area (Å²) in [4.78, 5) is 34.6. The molecule has 46 heavy (non-hydrogen) atoms. The largest absolute Gasteiger partial charge is 0.472 e. The van der Waals surface area contributed by atoms with Crippen molar-refractivity contribution in [3.63, 3.8) is 0 Å². The van der Waals surface area contributed by atoms with Crippen LogP contribution in [0.3, 0.4) is 0 Å². The van der Waals surface area contributed by atoms with Gasteiger partial charge in [0.1, 0.15) is 6.61 Å². The number of ether oxygens (including phenoxy) is 2. The number of hydrogen-bond acceptors (Lipinski definition) is 8. The summed E-state index contributed by atoms with van der Waals surface area (Å²) in [6.45, 7) is 3.69. The van der Waals surface area contributed by atoms with Crippen LogP contribution in [0.15, 0.2) is 12.2 Å². The van der Waals surface area contributed by atoms with E-state index in [-0.39, 0.29) is 32.6 Å². The number of rotatable bonds is 35. The van der Waals surface area contributed by atoms with Crippen LogP contribution >= 0.6 is 7.82 Å². The molecule has 0 bridgehead atoms. The summed E-state index contributed by atoms with van der Waals surface area (Å²) in [5.74, 6) is -0.862. The van der Waals surface area contributed by atoms with Gasteiger partial charge in [-0.2, -0.15) is 0 Å². The molecule has 10 heteroatoms. The SMILES string of the molecule is CCCCCCCCCC/C=C\CCCC(=O)OC[C@H](COP(=O)(O)OCCN)OC(=O)CCCCCCCCCCCCCC. The van der Waals surface area contributed by atoms with E-state index in [2.05, 4.69) is 26.0 Å². The van der Waals surface area contributed by atoms with Crippen molar-refractivity contribution in [2.45, 2.75) is 180 Å². The average molecular weight is 676 g/mol. The summed E-state index contributed by atoms with van der Waals surface area (Å²) >= 11 is 0. The van der Waals surface area contributed by atoms with Gasteiger partial charge in [0.05, 0.1) is 13.2 Å². The lowest BCUT2D eigenvalue weighted by Gasteiger charge is -2.19. The number of carbonyl (C=O) groups is 2. The first kappa shape index (κ1) is 44.8. The van der Waals surface area contributed by atoms with Crippen LogP contribution in [0.1, 0.15) is 174 Å². The van der Waals surface area contributed by atoms with Gasteiger partial charge in [-0.3, -0.25) is 18.6 Å². The molecule has 0 aromatic heterocycles. The molecule has 0 rings (SSSR count). The number of carbonyl (C=O) groups excluding carboxylic acids is 2. The molecule has 0 aromatic rings. The number of unbranched alkanes of at least 4 members (excludes halogenated alkanes) is 20. The van der Waals surface area contributed by atoms with Crippen molar-refractivity contribution in [1.82, 2.24) is 0 Å². The van der Waals surface area contributed by atoms with E-state index in [0.29, 0.717) is 12.8 Å². The zero-order valence-corrected chi connectivity index (χ0v) is 30.5. The average Bonchev–Trinajstić information content (AvgIpc) is 3.04. The Balaban J connectivity index is 4.26. The lowest BCUT2D eigenvalue weighted by Crippen LogP contribution is -2.29. The van der Waals surface area contributed by atoms with Crippen molar-refractivity contribution < 1.29 is 37.6 Å². The lowest BCUT2D eigenvalue weighted by molar-refractivity contribution is -0.161. The van der Waals surface area contributed by atoms with E-state index in [1.54, 1.807) is 0 Å². The smallest absolute Gasteiger partial charge is 0.462 e. The van der Waals surface area contributed by atoms with E-state index in [0.717, 1.165) is 25.7 Å². The van der Waals surface area contributed by atoms with Crippen LogP contribution in [0.4, 0.5) is 0 Å². The standard InChI is InChI=1S/C36H70NO8P/c1-3-5-7-9-11-13-15-17-19-20-22-24-26-28-35(38)42-32-34(33-44-46(40,41)43-31-30-37)45-36(39)29-27-25-23-21-18-16-14-12-10-8-6-4-2/h20,22,34H,3-19,21,23-33,37H2,1-2H3,(H,40,41)/b22-20-/t34-/m1/s1. The Morgan fingerprint density at radius 1 is 0.630 bits per heavy atom. The van der Waals surface area contributed by atoms with E-state index < -0.39 is 32.5 Å². The second-order valence-corrected chi connectivity index (χ2v) is 13.9. The molecule has 0 heterocycles. The third kappa shape index (κ3) is 32.7. The minimum absolute atomic E-state index is 0.0529. The van der Waals surface area contributed by atoms with Gasteiger partial charge < -0.3 is 20.1 Å². The van der Waals surface area contributed by atoms with E-state index in [1.165, 1.54) is 109 Å². The van der Waals surface area contributed by atoms with Crippen molar-refractivity contribution in [2.75, 3.05) is 26.4 Å². The van der Waals surface area contributed by atoms with E-state index in [9.17, 15) is 19.0 Å². The maximum absolute atomic E-state index is 12.5. The highest BCUT2D eigenvalue weighted by molar-refractivity contribution is 7.47. The Kier molecular flexibility index (Phi) is 32.7. The van der Waals surface area contributed by atoms with Crippen molar-refractivity contribution >= 4 is 19.8 Å². The fourth-order valence-corrected chi connectivity index (χ4v) is 5.87. The molecule has 272 valence electrons. The molecule has 9 nitrogen and oxygen atoms in total. The van der Waals surface area contributed by atoms with Crippen LogP contribution in [0.2, 0.25) is 0 Å². The van der Waals surface area contributed by atoms with Crippen molar-refractivity contribution in [3.8, 4) is 0 Å². The van der Waals surface area contributed by atoms with Crippen LogP contribution in [0, 0.1) is 0 Å². The minimum atomic E-state index is -4.37. The molecule has 0 aliphatic heterocycles. The first-order valence-electron chi connectivity index (χ1n) is 18.7. The summed E-state index contributed by atoms with van der Waals surface area (Å²) in [5.41, 5.74) is 5.32. The molecule has 0 saturated carbocycles. The molecule has 3 N–H and O–H groups in total. The quantitative estimate of drug-likeness (QED) is 0.0291. The number of esters is 2. The van der Waals surface area contributed by atoms with Gasteiger partial charge >= 0.3 is 19.8 Å². The Morgan fingerprint density at radius 2 is 1.09 bits per heavy atom. The molecular weight excluding hydrogens is 605 g/mol. The summed E-state index contributed by atoms with van der Waals surface area (Å²) < 4.78 is 32.6. The third-order valence-electron chi connectivity index (χ3n) is 7.90. The zero-order valence-electron chi connectivity index (χ0n) is 29.6. The molecule has 0 fully saturated rings. The van der Waals surface area contributed by atoms with Gasteiger partial charge in [-0.15, -0.1) is 0 Å². The van der Waals surface area contributed by atoms with E-state index in [4.69, 9.17) is 24.3 Å². The van der Waals surface area contributed by atoms with Gasteiger partial charge in [0, 0.05) is 19.4 Å². The van der Waals surface area contributed by atoms with E-state index in [1.807, 2.05) is 0 Å². The Bertz CT molecular complexity index is 779. The van der Waals surface area contributed by atoms with Crippen molar-refractivity contribution in [2.24, 2.45) is 5.73 Å². The van der Waals surface area contributed by atoms with Crippen molar-refractivity contribution in [1.29, 1.82) is 0 Å². The summed E-state index contributed by atoms with van der Waals surface area (Å²) in [6, 6.07) is 0. The predicted molar refractivity (Wildman–Crippen MR) is 188 cm³/mol. The monoisotopic (exact) mass is 675 g/mol. The highest BCUT2D eigenvalue weighted by Gasteiger charge is 2.25. The first-order chi connectivity index (χ1) is 22.3. The number of phosphoric ester groups is 1. The lowest BCUT2D eigenvalue weighted by atomic mass is 10.0. The van der Waals surface area contributed by atoms with Crippen LogP contribution in [0.25, 0.3) is 0 Å². The highest BCUT2D eigenvalue weighted by Crippen LogP contribution is 2.43. The Morgan fingerprint density at radius 3 is 1.61 bits per heavy atom. The number of hydrogen-bond donors (Lipinski definition) is 2. The van der Waals surface area contributed by atoms with Crippen LogP contribution in [0.5, 0.6) is 0 Å². The molecule has 0 radical (unpaired) electrons. The molecule has 1 unspecified atom stereocenters. The zero-order chi connectivity index (χ0) is 34.0. The molecule has 0 aromatic carbocycles. The molecule has 0 aliphatic rings. The van der Waals surface area contributed by atoms with Gasteiger partial charge in [0.2, 0.25) is 0 Å². The second-order valence-electron chi connectivity index (χ2n) is 12.4. The fourth-order valence-electron chi connectivity index (χ4n) is 5.11. The number of nitrogens with two attached hydrogens (primary N) is 1. The maximum Gasteiger partial charge on any atom is 0.472 e. The Labute approximate surface area is 281 Å². The number of allylic oxidation sites excluding steroid dienone is 2. The summed E-state index contributed by atoms with van der Waals surface area (Å²) in [6.07, 6.45) is 31.0. The van der Waals surface area contributed by atoms with Gasteiger partial charge in [-0.1, -0.05) is 142 Å². The van der Waals surface area contributed by atoms with Crippen LogP contribution in [-0.2, 0) is 32.7 Å². The topological polar surface area (TPSA) is 134 Å². The fraction of sp³-hybridized carbons (Fsp3) is 0.889. The molecule has 2 atom stereocenters. The van der Waals surface area contributed by atoms with Crippen molar-refractivity contribution in [3.05, 3.63) is 12.2 Å².